The van der Waals surface area contributed by atoms with Gasteiger partial charge in [0.05, 0.1) is 22.8 Å². The van der Waals surface area contributed by atoms with E-state index in [-0.39, 0.29) is 11.9 Å². The Hall–Kier alpha value is -2.44. The summed E-state index contributed by atoms with van der Waals surface area (Å²) in [5.74, 6) is 0.255. The molecule has 0 spiro atoms. The number of carbonyl (C=O) groups is 1. The van der Waals surface area contributed by atoms with Gasteiger partial charge in [0.25, 0.3) is 0 Å². The van der Waals surface area contributed by atoms with Crippen LogP contribution in [0.4, 0.5) is 5.69 Å². The number of aromatic nitrogens is 1. The topological polar surface area (TPSA) is 39.7 Å². The normalized spacial score (nSPS) is 20.5. The Labute approximate surface area is 175 Å². The molecule has 0 N–H and O–H groups in total. The molecule has 0 aliphatic carbocycles. The molecule has 2 aliphatic rings. The maximum absolute atomic E-state index is 13.0. The summed E-state index contributed by atoms with van der Waals surface area (Å²) in [4.78, 5) is 24.6. The first-order chi connectivity index (χ1) is 14.3. The number of carbonyl (C=O) groups excluding carboxylic acids is 1. The molecule has 2 fully saturated rings. The lowest BCUT2D eigenvalue weighted by Crippen LogP contribution is -2.51. The summed E-state index contributed by atoms with van der Waals surface area (Å²) in [6.45, 7) is 4.89. The summed E-state index contributed by atoms with van der Waals surface area (Å²) < 4.78 is 1.23. The third-order valence-corrected chi connectivity index (χ3v) is 7.19. The molecule has 6 heteroatoms. The Morgan fingerprint density at radius 3 is 2.52 bits per heavy atom. The molecule has 5 nitrogen and oxygen atoms in total. The van der Waals surface area contributed by atoms with Crippen LogP contribution in [0.15, 0.2) is 54.6 Å². The molecule has 1 aromatic heterocycles. The van der Waals surface area contributed by atoms with Crippen molar-refractivity contribution in [1.29, 1.82) is 0 Å². The first kappa shape index (κ1) is 18.6. The van der Waals surface area contributed by atoms with Crippen molar-refractivity contribution in [3.05, 3.63) is 59.6 Å². The summed E-state index contributed by atoms with van der Waals surface area (Å²) in [5.41, 5.74) is 2.32. The average molecular weight is 407 g/mol. The van der Waals surface area contributed by atoms with E-state index in [1.165, 1.54) is 10.4 Å². The van der Waals surface area contributed by atoms with Gasteiger partial charge in [0, 0.05) is 31.9 Å². The molecule has 3 heterocycles. The van der Waals surface area contributed by atoms with Crippen LogP contribution < -0.4 is 4.90 Å². The van der Waals surface area contributed by atoms with Gasteiger partial charge in [0.2, 0.25) is 5.91 Å². The summed E-state index contributed by atoms with van der Waals surface area (Å²) >= 11 is 1.77. The molecule has 0 unspecified atom stereocenters. The highest BCUT2D eigenvalue weighted by atomic mass is 32.1. The largest absolute Gasteiger partial charge is 0.368 e. The number of hydrogen-bond donors (Lipinski definition) is 0. The van der Waals surface area contributed by atoms with E-state index in [1.54, 1.807) is 11.3 Å². The lowest BCUT2D eigenvalue weighted by Gasteiger charge is -2.37. The fraction of sp³-hybridized carbons (Fsp3) is 0.391. The van der Waals surface area contributed by atoms with Crippen LogP contribution in [0.3, 0.4) is 0 Å². The highest BCUT2D eigenvalue weighted by Gasteiger charge is 2.32. The number of likely N-dealkylation sites (tertiary alicyclic amines) is 1. The minimum Gasteiger partial charge on any atom is -0.368 e. The van der Waals surface area contributed by atoms with Crippen molar-refractivity contribution in [2.24, 2.45) is 0 Å². The van der Waals surface area contributed by atoms with Crippen LogP contribution in [0.25, 0.3) is 10.2 Å². The van der Waals surface area contributed by atoms with Gasteiger partial charge in [0.15, 0.2) is 0 Å². The second-order valence-electron chi connectivity index (χ2n) is 7.85. The minimum absolute atomic E-state index is 0.255. The minimum atomic E-state index is 0.255. The predicted octanol–water partition coefficient (Wildman–Crippen LogP) is 3.78. The zero-order valence-corrected chi connectivity index (χ0v) is 17.4. The van der Waals surface area contributed by atoms with E-state index in [1.807, 2.05) is 17.0 Å². The second-order valence-corrected chi connectivity index (χ2v) is 8.91. The number of nitrogens with zero attached hydrogens (tertiary/aromatic N) is 4. The number of fused-ring (bicyclic) bond motifs is 1. The number of benzene rings is 2. The van der Waals surface area contributed by atoms with E-state index in [9.17, 15) is 4.79 Å². The van der Waals surface area contributed by atoms with Gasteiger partial charge in [-0.1, -0.05) is 30.3 Å². The number of hydrogen-bond acceptors (Lipinski definition) is 5. The molecule has 2 aromatic carbocycles. The van der Waals surface area contributed by atoms with Crippen molar-refractivity contribution in [2.75, 3.05) is 44.2 Å². The number of piperazine rings is 1. The van der Waals surface area contributed by atoms with E-state index < -0.39 is 0 Å². The molecule has 1 amide bonds. The highest BCUT2D eigenvalue weighted by molar-refractivity contribution is 7.18. The van der Waals surface area contributed by atoms with E-state index in [0.717, 1.165) is 56.1 Å². The van der Waals surface area contributed by atoms with Gasteiger partial charge in [-0.15, -0.1) is 11.3 Å². The maximum atomic E-state index is 13.0. The summed E-state index contributed by atoms with van der Waals surface area (Å²) in [6.07, 6.45) is 2.23. The van der Waals surface area contributed by atoms with Crippen LogP contribution in [-0.4, -0.2) is 60.0 Å². The number of thiazole rings is 1. The van der Waals surface area contributed by atoms with E-state index in [4.69, 9.17) is 4.98 Å². The van der Waals surface area contributed by atoms with Crippen LogP contribution in [0.2, 0.25) is 0 Å². The zero-order chi connectivity index (χ0) is 19.6. The molecule has 0 bridgehead atoms. The first-order valence-electron chi connectivity index (χ1n) is 10.5. The average Bonchev–Trinajstić information content (AvgIpc) is 3.41. The number of para-hydroxylation sites is 2. The standard InChI is InChI=1S/C23H26N4OS/c28-22(26-15-13-25(14-16-26)18-7-2-1-3-8-18)17-27-12-6-10-20(27)23-24-19-9-4-5-11-21(19)29-23/h1-5,7-9,11,20H,6,10,12-17H2/t20-/m0/s1. The van der Waals surface area contributed by atoms with Crippen molar-refractivity contribution in [3.63, 3.8) is 0 Å². The SMILES string of the molecule is O=C(CN1CCC[C@H]1c1nc2ccccc2s1)N1CCN(c2ccccc2)CC1. The van der Waals surface area contributed by atoms with Gasteiger partial charge in [-0.25, -0.2) is 4.98 Å². The van der Waals surface area contributed by atoms with Crippen LogP contribution in [0.5, 0.6) is 0 Å². The van der Waals surface area contributed by atoms with Crippen LogP contribution >= 0.6 is 11.3 Å². The van der Waals surface area contributed by atoms with Gasteiger partial charge in [-0.3, -0.25) is 9.69 Å². The number of amides is 1. The smallest absolute Gasteiger partial charge is 0.236 e. The van der Waals surface area contributed by atoms with Crippen LogP contribution in [0, 0.1) is 0 Å². The van der Waals surface area contributed by atoms with Gasteiger partial charge < -0.3 is 9.80 Å². The Kier molecular flexibility index (Phi) is 5.21. The van der Waals surface area contributed by atoms with E-state index in [2.05, 4.69) is 52.3 Å². The van der Waals surface area contributed by atoms with Crippen molar-refractivity contribution in [3.8, 4) is 0 Å². The third kappa shape index (κ3) is 3.87. The fourth-order valence-corrected chi connectivity index (χ4v) is 5.59. The maximum Gasteiger partial charge on any atom is 0.236 e. The predicted molar refractivity (Wildman–Crippen MR) is 118 cm³/mol. The summed E-state index contributed by atoms with van der Waals surface area (Å²) in [5, 5.41) is 1.16. The molecule has 2 saturated heterocycles. The first-order valence-corrected chi connectivity index (χ1v) is 11.3. The zero-order valence-electron chi connectivity index (χ0n) is 16.5. The quantitative estimate of drug-likeness (QED) is 0.661. The molecule has 150 valence electrons. The molecule has 1 atom stereocenters. The molecule has 5 rings (SSSR count). The summed E-state index contributed by atoms with van der Waals surface area (Å²) in [7, 11) is 0. The van der Waals surface area contributed by atoms with Gasteiger partial charge >= 0.3 is 0 Å². The Bertz CT molecular complexity index is 948. The molecule has 2 aliphatic heterocycles. The van der Waals surface area contributed by atoms with Crippen molar-refractivity contribution in [2.45, 2.75) is 18.9 Å². The molecular formula is C23H26N4OS. The Morgan fingerprint density at radius 1 is 0.966 bits per heavy atom. The number of rotatable bonds is 4. The third-order valence-electron chi connectivity index (χ3n) is 6.05. The van der Waals surface area contributed by atoms with Crippen molar-refractivity contribution < 1.29 is 4.79 Å². The number of anilines is 1. The van der Waals surface area contributed by atoms with E-state index in [0.29, 0.717) is 6.54 Å². The molecular weight excluding hydrogens is 380 g/mol. The Balaban J connectivity index is 1.21. The lowest BCUT2D eigenvalue weighted by molar-refractivity contribution is -0.133. The monoisotopic (exact) mass is 406 g/mol. The molecule has 0 radical (unpaired) electrons. The molecule has 29 heavy (non-hydrogen) atoms. The molecule has 0 saturated carbocycles. The van der Waals surface area contributed by atoms with Crippen LogP contribution in [0.1, 0.15) is 23.9 Å². The second kappa shape index (κ2) is 8.13. The van der Waals surface area contributed by atoms with Gasteiger partial charge in [0.1, 0.15) is 5.01 Å². The lowest BCUT2D eigenvalue weighted by atomic mass is 10.2. The highest BCUT2D eigenvalue weighted by Crippen LogP contribution is 2.36. The van der Waals surface area contributed by atoms with Crippen molar-refractivity contribution in [1.82, 2.24) is 14.8 Å². The van der Waals surface area contributed by atoms with Gasteiger partial charge in [-0.2, -0.15) is 0 Å². The fourth-order valence-electron chi connectivity index (χ4n) is 4.45. The Morgan fingerprint density at radius 2 is 1.72 bits per heavy atom. The van der Waals surface area contributed by atoms with E-state index >= 15 is 0 Å². The molecule has 3 aromatic rings. The summed E-state index contributed by atoms with van der Waals surface area (Å²) in [6, 6.07) is 19.1. The van der Waals surface area contributed by atoms with Gasteiger partial charge in [-0.05, 0) is 43.7 Å². The van der Waals surface area contributed by atoms with Crippen molar-refractivity contribution >= 4 is 33.1 Å². The van der Waals surface area contributed by atoms with Crippen LogP contribution in [-0.2, 0) is 4.79 Å².